The Morgan fingerprint density at radius 2 is 2.19 bits per heavy atom. The molecular weight excluding hydrogens is 241 g/mol. The molecule has 92 valence electrons. The molecule has 0 aromatic carbocycles. The monoisotopic (exact) mass is 254 g/mol. The number of hydrogen-bond acceptors (Lipinski definition) is 4. The molecular formula is C8H13F3N4S. The Labute approximate surface area is 95.6 Å². The van der Waals surface area contributed by atoms with Crippen molar-refractivity contribution in [3.63, 3.8) is 0 Å². The van der Waals surface area contributed by atoms with E-state index < -0.39 is 5.51 Å². The van der Waals surface area contributed by atoms with Crippen LogP contribution in [-0.4, -0.2) is 39.1 Å². The van der Waals surface area contributed by atoms with Gasteiger partial charge in [-0.05, 0) is 11.8 Å². The van der Waals surface area contributed by atoms with Crippen LogP contribution in [0, 0.1) is 0 Å². The summed E-state index contributed by atoms with van der Waals surface area (Å²) in [6.07, 6.45) is 2.21. The first kappa shape index (κ1) is 13.3. The van der Waals surface area contributed by atoms with Crippen LogP contribution in [0.4, 0.5) is 13.2 Å². The smallest absolute Gasteiger partial charge is 0.315 e. The molecule has 1 N–H and O–H groups in total. The van der Waals surface area contributed by atoms with Crippen molar-refractivity contribution in [2.75, 3.05) is 18.8 Å². The summed E-state index contributed by atoms with van der Waals surface area (Å²) in [5.41, 5.74) is -4.13. The van der Waals surface area contributed by atoms with Crippen molar-refractivity contribution in [2.45, 2.75) is 11.9 Å². The third kappa shape index (κ3) is 5.96. The van der Waals surface area contributed by atoms with Gasteiger partial charge in [0.2, 0.25) is 0 Å². The molecule has 1 heterocycles. The fourth-order valence-corrected chi connectivity index (χ4v) is 1.54. The summed E-state index contributed by atoms with van der Waals surface area (Å²) in [7, 11) is 1.77. The molecule has 0 saturated heterocycles. The fraction of sp³-hybridized carbons (Fsp3) is 0.750. The van der Waals surface area contributed by atoms with Crippen LogP contribution in [-0.2, 0) is 13.5 Å². The predicted molar refractivity (Wildman–Crippen MR) is 56.1 cm³/mol. The molecule has 1 rings (SSSR count). The van der Waals surface area contributed by atoms with Crippen molar-refractivity contribution in [1.82, 2.24) is 20.1 Å². The minimum Gasteiger partial charge on any atom is -0.315 e. The number of nitrogens with zero attached hydrogens (tertiary/aromatic N) is 3. The highest BCUT2D eigenvalue weighted by molar-refractivity contribution is 8.00. The first-order chi connectivity index (χ1) is 7.47. The van der Waals surface area contributed by atoms with E-state index in [1.165, 1.54) is 0 Å². The van der Waals surface area contributed by atoms with Crippen molar-refractivity contribution in [3.8, 4) is 0 Å². The maximum atomic E-state index is 11.7. The molecule has 0 unspecified atom stereocenters. The Morgan fingerprint density at radius 1 is 1.44 bits per heavy atom. The van der Waals surface area contributed by atoms with Gasteiger partial charge < -0.3 is 5.32 Å². The van der Waals surface area contributed by atoms with E-state index >= 15 is 0 Å². The van der Waals surface area contributed by atoms with Gasteiger partial charge in [-0.1, -0.05) is 0 Å². The molecule has 0 aliphatic carbocycles. The van der Waals surface area contributed by atoms with Crippen LogP contribution in [0.3, 0.4) is 0 Å². The summed E-state index contributed by atoms with van der Waals surface area (Å²) in [5, 5.41) is 6.95. The molecule has 8 heteroatoms. The SMILES string of the molecule is Cn1cnc(CCNCCSC(F)(F)F)n1. The third-order valence-electron chi connectivity index (χ3n) is 1.72. The molecule has 0 atom stereocenters. The van der Waals surface area contributed by atoms with E-state index in [0.717, 1.165) is 0 Å². The van der Waals surface area contributed by atoms with Gasteiger partial charge >= 0.3 is 5.51 Å². The Morgan fingerprint density at radius 3 is 2.75 bits per heavy atom. The van der Waals surface area contributed by atoms with Crippen LogP contribution in [0.1, 0.15) is 5.82 Å². The zero-order valence-electron chi connectivity index (χ0n) is 8.79. The van der Waals surface area contributed by atoms with Gasteiger partial charge in [-0.15, -0.1) is 0 Å². The topological polar surface area (TPSA) is 42.7 Å². The molecule has 16 heavy (non-hydrogen) atoms. The number of hydrogen-bond donors (Lipinski definition) is 1. The molecule has 0 spiro atoms. The second-order valence-corrected chi connectivity index (χ2v) is 4.29. The Kier molecular flexibility index (Phi) is 5.07. The number of aromatic nitrogens is 3. The quantitative estimate of drug-likeness (QED) is 0.775. The second kappa shape index (κ2) is 6.09. The van der Waals surface area contributed by atoms with Crippen molar-refractivity contribution in [3.05, 3.63) is 12.2 Å². The molecule has 0 bridgehead atoms. The summed E-state index contributed by atoms with van der Waals surface area (Å²) in [4.78, 5) is 4.00. The molecule has 0 fully saturated rings. The minimum atomic E-state index is -4.13. The Bertz CT molecular complexity index is 312. The van der Waals surface area contributed by atoms with Crippen molar-refractivity contribution >= 4 is 11.8 Å². The van der Waals surface area contributed by atoms with Crippen LogP contribution in [0.5, 0.6) is 0 Å². The number of thioether (sulfide) groups is 1. The van der Waals surface area contributed by atoms with Gasteiger partial charge in [0, 0.05) is 32.3 Å². The van der Waals surface area contributed by atoms with E-state index in [1.54, 1.807) is 18.1 Å². The van der Waals surface area contributed by atoms with E-state index in [2.05, 4.69) is 15.4 Å². The zero-order chi connectivity index (χ0) is 12.0. The van der Waals surface area contributed by atoms with Gasteiger partial charge in [-0.2, -0.15) is 18.3 Å². The Balaban J connectivity index is 2.00. The predicted octanol–water partition coefficient (Wildman–Crippen LogP) is 1.20. The maximum Gasteiger partial charge on any atom is 0.441 e. The molecule has 0 amide bonds. The summed E-state index contributed by atoms with van der Waals surface area (Å²) >= 11 is -0.0139. The lowest BCUT2D eigenvalue weighted by molar-refractivity contribution is -0.0327. The average molecular weight is 254 g/mol. The molecule has 4 nitrogen and oxygen atoms in total. The number of rotatable bonds is 6. The van der Waals surface area contributed by atoms with Crippen LogP contribution >= 0.6 is 11.8 Å². The van der Waals surface area contributed by atoms with Gasteiger partial charge in [0.1, 0.15) is 6.33 Å². The fourth-order valence-electron chi connectivity index (χ4n) is 1.06. The van der Waals surface area contributed by atoms with Crippen LogP contribution in [0.25, 0.3) is 0 Å². The van der Waals surface area contributed by atoms with Gasteiger partial charge in [-0.25, -0.2) is 4.98 Å². The van der Waals surface area contributed by atoms with E-state index in [1.807, 2.05) is 0 Å². The first-order valence-corrected chi connectivity index (χ1v) is 5.72. The number of aryl methyl sites for hydroxylation is 1. The third-order valence-corrected chi connectivity index (χ3v) is 2.45. The van der Waals surface area contributed by atoms with Gasteiger partial charge in [0.15, 0.2) is 5.82 Å². The zero-order valence-corrected chi connectivity index (χ0v) is 9.61. The molecule has 1 aromatic heterocycles. The lowest BCUT2D eigenvalue weighted by Gasteiger charge is -2.05. The standard InChI is InChI=1S/C8H13F3N4S/c1-15-6-13-7(14-15)2-3-12-4-5-16-8(9,10)11/h6,12H,2-5H2,1H3. The van der Waals surface area contributed by atoms with Gasteiger partial charge in [0.25, 0.3) is 0 Å². The average Bonchev–Trinajstić information content (AvgIpc) is 2.56. The van der Waals surface area contributed by atoms with Crippen molar-refractivity contribution in [1.29, 1.82) is 0 Å². The summed E-state index contributed by atoms with van der Waals surface area (Å²) < 4.78 is 36.8. The lowest BCUT2D eigenvalue weighted by Crippen LogP contribution is -2.21. The van der Waals surface area contributed by atoms with E-state index in [4.69, 9.17) is 0 Å². The van der Waals surface area contributed by atoms with Crippen molar-refractivity contribution < 1.29 is 13.2 Å². The van der Waals surface area contributed by atoms with E-state index in [9.17, 15) is 13.2 Å². The number of alkyl halides is 3. The largest absolute Gasteiger partial charge is 0.441 e. The van der Waals surface area contributed by atoms with Gasteiger partial charge in [-0.3, -0.25) is 4.68 Å². The van der Waals surface area contributed by atoms with Crippen molar-refractivity contribution in [2.24, 2.45) is 7.05 Å². The van der Waals surface area contributed by atoms with Crippen LogP contribution in [0.2, 0.25) is 0 Å². The van der Waals surface area contributed by atoms with Crippen LogP contribution in [0.15, 0.2) is 6.33 Å². The highest BCUT2D eigenvalue weighted by atomic mass is 32.2. The van der Waals surface area contributed by atoms with E-state index in [-0.39, 0.29) is 17.5 Å². The molecule has 0 aliphatic heterocycles. The summed E-state index contributed by atoms with van der Waals surface area (Å²) in [6, 6.07) is 0. The van der Waals surface area contributed by atoms with Gasteiger partial charge in [0.05, 0.1) is 0 Å². The molecule has 0 aliphatic rings. The maximum absolute atomic E-state index is 11.7. The normalized spacial score (nSPS) is 12.0. The number of nitrogens with one attached hydrogen (secondary N) is 1. The highest BCUT2D eigenvalue weighted by Gasteiger charge is 2.27. The highest BCUT2D eigenvalue weighted by Crippen LogP contribution is 2.29. The molecule has 0 saturated carbocycles. The van der Waals surface area contributed by atoms with E-state index in [0.29, 0.717) is 25.3 Å². The second-order valence-electron chi connectivity index (χ2n) is 3.13. The number of halogens is 3. The summed E-state index contributed by atoms with van der Waals surface area (Å²) in [6.45, 7) is 0.916. The van der Waals surface area contributed by atoms with Crippen LogP contribution < -0.4 is 5.32 Å². The molecule has 1 aromatic rings. The first-order valence-electron chi connectivity index (χ1n) is 4.73. The minimum absolute atomic E-state index is 0.0139. The lowest BCUT2D eigenvalue weighted by atomic mass is 10.4. The Hall–Kier alpha value is -0.760. The summed E-state index contributed by atoms with van der Waals surface area (Å²) in [5.74, 6) is 0.720. The molecule has 0 radical (unpaired) electrons.